The van der Waals surface area contributed by atoms with Crippen molar-refractivity contribution in [2.24, 2.45) is 0 Å². The molecule has 9 nitrogen and oxygen atoms in total. The molecule has 0 unspecified atom stereocenters. The predicted molar refractivity (Wildman–Crippen MR) is 588 cm³/mol. The average molecular weight is 1800 g/mol. The fourth-order valence-electron chi connectivity index (χ4n) is 19.1. The maximum Gasteiger partial charge on any atom is 0.0973 e. The second kappa shape index (κ2) is 39.5. The van der Waals surface area contributed by atoms with E-state index < -0.39 is 0 Å². The zero-order valence-corrected chi connectivity index (χ0v) is 77.1. The minimum Gasteiger partial charge on any atom is -0.310 e. The van der Waals surface area contributed by atoms with E-state index in [1.54, 1.807) is 0 Å². The molecular formula is C132H91N9. The van der Waals surface area contributed by atoms with E-state index in [0.717, 1.165) is 152 Å². The SMILES string of the molecule is c1ccc(-c2cc(-c3ccccc3)cc(N(c3ccccc3)c3ccc(-c4nc5ccccc5nc4-c4ccccc4)cc3)c2)cc1.c1ccc(-c2ccc(N(c3ccccc3)c3ccc(-c4nc5ccccc5nc4-c4ccccc4)cc3)c(-c3ccccc3)c2)cc1.c1ccc(-c2ccccc2-c2ccc3c(c2)c2ccccc2n3-c2ccc(-c3nc4ccccc4nc3-c3ccccc3)cc2)cc1. The molecule has 0 saturated heterocycles. The van der Waals surface area contributed by atoms with Crippen molar-refractivity contribution in [1.29, 1.82) is 0 Å². The van der Waals surface area contributed by atoms with Gasteiger partial charge in [-0.15, -0.1) is 0 Å². The van der Waals surface area contributed by atoms with Gasteiger partial charge in [-0.3, -0.25) is 0 Å². The van der Waals surface area contributed by atoms with Crippen LogP contribution in [-0.4, -0.2) is 34.5 Å². The van der Waals surface area contributed by atoms with Crippen molar-refractivity contribution in [3.63, 3.8) is 0 Å². The Balaban J connectivity index is 0.000000118. The van der Waals surface area contributed by atoms with Gasteiger partial charge in [0.25, 0.3) is 0 Å². The lowest BCUT2D eigenvalue weighted by molar-refractivity contribution is 1.18. The zero-order valence-electron chi connectivity index (χ0n) is 77.1. The normalized spacial score (nSPS) is 11.1. The first kappa shape index (κ1) is 86.2. The van der Waals surface area contributed by atoms with Gasteiger partial charge in [0.05, 0.1) is 84.0 Å². The quantitative estimate of drug-likeness (QED) is 0.0791. The molecule has 664 valence electrons. The summed E-state index contributed by atoms with van der Waals surface area (Å²) in [5.41, 5.74) is 41.0. The van der Waals surface area contributed by atoms with Crippen LogP contribution in [0, 0.1) is 0 Å². The van der Waals surface area contributed by atoms with E-state index in [1.165, 1.54) is 77.4 Å². The Morgan fingerprint density at radius 1 is 0.142 bits per heavy atom. The lowest BCUT2D eigenvalue weighted by Crippen LogP contribution is -2.11. The molecule has 0 fully saturated rings. The number of rotatable bonds is 19. The average Bonchev–Trinajstić information content (AvgIpc) is 1.61. The van der Waals surface area contributed by atoms with Crippen molar-refractivity contribution in [3.05, 3.63) is 552 Å². The molecule has 0 bridgehead atoms. The molecule has 141 heavy (non-hydrogen) atoms. The standard InChI is InChI=1S/C44H29N3.2C44H31N3/c1-3-13-30(14-4-1)35-17-7-8-18-36(35)33-25-28-42-38(29-33)37-19-9-12-22-41(37)47(42)34-26-23-32(24-27-34)44-43(31-15-5-2-6-16-31)45-39-20-10-11-21-40(39)46-44;1-5-15-32(16-6-1)36-27-30-42(39(31-36)33-17-7-2-8-18-33)47(37-21-11-4-12-22-37)38-28-25-35(26-29-38)44-43(34-19-9-3-10-20-34)45-40-23-13-14-24-41(40)46-44;1-5-15-32(16-6-1)36-29-37(33-17-7-2-8-18-33)31-40(30-36)47(38-21-11-4-12-22-38)39-27-25-35(26-28-39)44-43(34-19-9-3-10-20-34)45-41-23-13-14-24-42(41)46-44/h1-29H;2*1-31H. The smallest absolute Gasteiger partial charge is 0.0973 e. The van der Waals surface area contributed by atoms with Crippen LogP contribution in [-0.2, 0) is 0 Å². The monoisotopic (exact) mass is 1800 g/mol. The molecule has 0 aliphatic rings. The Bertz CT molecular complexity index is 8650. The van der Waals surface area contributed by atoms with E-state index in [2.05, 4.69) is 439 Å². The molecule has 9 heteroatoms. The van der Waals surface area contributed by atoms with E-state index in [-0.39, 0.29) is 0 Å². The number of benzene rings is 21. The number of para-hydroxylation sites is 9. The van der Waals surface area contributed by atoms with Crippen molar-refractivity contribution < 1.29 is 0 Å². The van der Waals surface area contributed by atoms with Crippen molar-refractivity contribution in [1.82, 2.24) is 34.5 Å². The van der Waals surface area contributed by atoms with E-state index in [0.29, 0.717) is 0 Å². The second-order valence-electron chi connectivity index (χ2n) is 34.8. The summed E-state index contributed by atoms with van der Waals surface area (Å²) in [5, 5.41) is 2.47. The van der Waals surface area contributed by atoms with Gasteiger partial charge >= 0.3 is 0 Å². The third-order valence-electron chi connectivity index (χ3n) is 25.9. The van der Waals surface area contributed by atoms with Gasteiger partial charge < -0.3 is 14.4 Å². The molecule has 4 heterocycles. The highest BCUT2D eigenvalue weighted by atomic mass is 15.2. The Morgan fingerprint density at radius 2 is 0.411 bits per heavy atom. The van der Waals surface area contributed by atoms with Crippen molar-refractivity contribution >= 4 is 89.0 Å². The number of hydrogen-bond donors (Lipinski definition) is 0. The van der Waals surface area contributed by atoms with Gasteiger partial charge in [0, 0.05) is 83.8 Å². The van der Waals surface area contributed by atoms with Crippen LogP contribution < -0.4 is 9.80 Å². The summed E-state index contributed by atoms with van der Waals surface area (Å²) < 4.78 is 2.37. The van der Waals surface area contributed by atoms with Crippen LogP contribution in [0.15, 0.2) is 552 Å². The summed E-state index contributed by atoms with van der Waals surface area (Å²) in [5.74, 6) is 0. The van der Waals surface area contributed by atoms with Gasteiger partial charge in [-0.05, 0) is 207 Å². The van der Waals surface area contributed by atoms with Gasteiger partial charge in [-0.2, -0.15) is 0 Å². The van der Waals surface area contributed by atoms with E-state index >= 15 is 0 Å². The Morgan fingerprint density at radius 3 is 0.809 bits per heavy atom. The number of anilines is 6. The second-order valence-corrected chi connectivity index (χ2v) is 34.8. The van der Waals surface area contributed by atoms with Crippen LogP contribution >= 0.6 is 0 Å². The summed E-state index contributed by atoms with van der Waals surface area (Å²) in [6, 6.07) is 193. The van der Waals surface area contributed by atoms with Crippen molar-refractivity contribution in [3.8, 4) is 140 Å². The summed E-state index contributed by atoms with van der Waals surface area (Å²) in [6.07, 6.45) is 0. The first-order valence-corrected chi connectivity index (χ1v) is 47.6. The largest absolute Gasteiger partial charge is 0.310 e. The lowest BCUT2D eigenvalue weighted by atomic mass is 9.94. The van der Waals surface area contributed by atoms with Crippen LogP contribution in [0.5, 0.6) is 0 Å². The fraction of sp³-hybridized carbons (Fsp3) is 0. The minimum atomic E-state index is 0.866. The first-order chi connectivity index (χ1) is 69.9. The topological polar surface area (TPSA) is 88.8 Å². The maximum absolute atomic E-state index is 5.13. The summed E-state index contributed by atoms with van der Waals surface area (Å²) >= 11 is 0. The fourth-order valence-corrected chi connectivity index (χ4v) is 19.1. The van der Waals surface area contributed by atoms with Crippen LogP contribution in [0.1, 0.15) is 0 Å². The molecular weight excluding hydrogens is 1710 g/mol. The summed E-state index contributed by atoms with van der Waals surface area (Å²) in [7, 11) is 0. The molecule has 0 spiro atoms. The molecule has 25 aromatic rings. The third kappa shape index (κ3) is 18.1. The molecule has 0 amide bonds. The third-order valence-corrected chi connectivity index (χ3v) is 25.9. The predicted octanol–water partition coefficient (Wildman–Crippen LogP) is 34.9. The zero-order chi connectivity index (χ0) is 94.0. The van der Waals surface area contributed by atoms with E-state index in [1.807, 2.05) is 127 Å². The minimum absolute atomic E-state index is 0.866. The molecule has 0 aliphatic heterocycles. The molecule has 0 atom stereocenters. The lowest BCUT2D eigenvalue weighted by Gasteiger charge is -2.28. The van der Waals surface area contributed by atoms with Crippen LogP contribution in [0.3, 0.4) is 0 Å². The number of nitrogens with zero attached hydrogens (tertiary/aromatic N) is 9. The maximum atomic E-state index is 5.13. The van der Waals surface area contributed by atoms with Crippen LogP contribution in [0.4, 0.5) is 34.1 Å². The molecule has 0 saturated carbocycles. The molecule has 4 aromatic heterocycles. The van der Waals surface area contributed by atoms with Crippen molar-refractivity contribution in [2.75, 3.05) is 9.80 Å². The van der Waals surface area contributed by atoms with Crippen LogP contribution in [0.2, 0.25) is 0 Å². The van der Waals surface area contributed by atoms with E-state index in [4.69, 9.17) is 29.9 Å². The highest BCUT2D eigenvalue weighted by Gasteiger charge is 2.25. The Kier molecular flexibility index (Phi) is 24.2. The number of fused-ring (bicyclic) bond motifs is 6. The van der Waals surface area contributed by atoms with Gasteiger partial charge in [-0.1, -0.05) is 406 Å². The van der Waals surface area contributed by atoms with Crippen molar-refractivity contribution in [2.45, 2.75) is 0 Å². The molecule has 0 N–H and O–H groups in total. The number of hydrogen-bond acceptors (Lipinski definition) is 8. The number of aromatic nitrogens is 7. The Labute approximate surface area is 819 Å². The molecule has 21 aromatic carbocycles. The highest BCUT2D eigenvalue weighted by Crippen LogP contribution is 2.47. The molecule has 0 radical (unpaired) electrons. The van der Waals surface area contributed by atoms with Gasteiger partial charge in [0.2, 0.25) is 0 Å². The van der Waals surface area contributed by atoms with Crippen LogP contribution in [0.25, 0.3) is 195 Å². The first-order valence-electron chi connectivity index (χ1n) is 47.6. The molecule has 25 rings (SSSR count). The van der Waals surface area contributed by atoms with Gasteiger partial charge in [0.15, 0.2) is 0 Å². The highest BCUT2D eigenvalue weighted by molar-refractivity contribution is 6.11. The molecule has 0 aliphatic carbocycles. The summed E-state index contributed by atoms with van der Waals surface area (Å²) in [4.78, 5) is 35.3. The van der Waals surface area contributed by atoms with E-state index in [9.17, 15) is 0 Å². The Hall–Kier alpha value is -19.0. The van der Waals surface area contributed by atoms with Gasteiger partial charge in [-0.25, -0.2) is 29.9 Å². The summed E-state index contributed by atoms with van der Waals surface area (Å²) in [6.45, 7) is 0. The van der Waals surface area contributed by atoms with Gasteiger partial charge in [0.1, 0.15) is 0 Å².